The molecule has 0 heterocycles. The molecule has 0 atom stereocenters. The lowest BCUT2D eigenvalue weighted by atomic mass is 9.87. The van der Waals surface area contributed by atoms with Crippen molar-refractivity contribution in [3.63, 3.8) is 0 Å². The fourth-order valence-corrected chi connectivity index (χ4v) is 2.47. The maximum Gasteiger partial charge on any atom is 0.391 e. The van der Waals surface area contributed by atoms with E-state index in [0.29, 0.717) is 30.0 Å². The molecule has 1 aromatic carbocycles. The van der Waals surface area contributed by atoms with E-state index < -0.39 is 12.1 Å². The Labute approximate surface area is 115 Å². The van der Waals surface area contributed by atoms with E-state index in [1.807, 2.05) is 0 Å². The molecular weight excluding hydrogens is 271 g/mol. The summed E-state index contributed by atoms with van der Waals surface area (Å²) in [5.41, 5.74) is 6.21. The largest absolute Gasteiger partial charge is 0.493 e. The van der Waals surface area contributed by atoms with Gasteiger partial charge in [0.25, 0.3) is 0 Å². The van der Waals surface area contributed by atoms with Crippen LogP contribution in [0.5, 0.6) is 11.5 Å². The summed E-state index contributed by atoms with van der Waals surface area (Å²) in [4.78, 5) is 0. The van der Waals surface area contributed by atoms with Gasteiger partial charge in [0.2, 0.25) is 0 Å². The average Bonchev–Trinajstić information content (AvgIpc) is 2.38. The molecule has 1 aliphatic carbocycles. The van der Waals surface area contributed by atoms with Crippen molar-refractivity contribution in [3.05, 3.63) is 18.2 Å². The Morgan fingerprint density at radius 2 is 1.75 bits per heavy atom. The molecule has 0 aromatic heterocycles. The lowest BCUT2D eigenvalue weighted by Crippen LogP contribution is -2.31. The topological polar surface area (TPSA) is 44.5 Å². The van der Waals surface area contributed by atoms with Crippen molar-refractivity contribution in [2.75, 3.05) is 12.8 Å². The molecule has 1 saturated carbocycles. The maximum atomic E-state index is 12.6. The zero-order valence-electron chi connectivity index (χ0n) is 11.2. The number of rotatable bonds is 3. The molecule has 3 nitrogen and oxygen atoms in total. The van der Waals surface area contributed by atoms with Crippen LogP contribution in [0, 0.1) is 5.92 Å². The molecule has 0 amide bonds. The van der Waals surface area contributed by atoms with Crippen LogP contribution in [0.3, 0.4) is 0 Å². The highest BCUT2D eigenvalue weighted by Crippen LogP contribution is 2.39. The fourth-order valence-electron chi connectivity index (χ4n) is 2.47. The minimum Gasteiger partial charge on any atom is -0.493 e. The molecule has 1 aromatic rings. The molecule has 2 N–H and O–H groups in total. The molecule has 0 spiro atoms. The van der Waals surface area contributed by atoms with E-state index in [1.165, 1.54) is 7.11 Å². The minimum atomic E-state index is -4.10. The number of alkyl halides is 3. The number of nitrogens with two attached hydrogens (primary N) is 1. The summed E-state index contributed by atoms with van der Waals surface area (Å²) in [5, 5.41) is 0. The van der Waals surface area contributed by atoms with Gasteiger partial charge in [0.05, 0.1) is 19.1 Å². The van der Waals surface area contributed by atoms with Crippen LogP contribution in [0.2, 0.25) is 0 Å². The number of hydrogen-bond acceptors (Lipinski definition) is 3. The third kappa shape index (κ3) is 3.49. The summed E-state index contributed by atoms with van der Waals surface area (Å²) in [6.07, 6.45) is -3.31. The van der Waals surface area contributed by atoms with E-state index in [9.17, 15) is 13.2 Å². The van der Waals surface area contributed by atoms with E-state index in [4.69, 9.17) is 15.2 Å². The van der Waals surface area contributed by atoms with E-state index in [-0.39, 0.29) is 18.9 Å². The molecule has 20 heavy (non-hydrogen) atoms. The summed E-state index contributed by atoms with van der Waals surface area (Å²) in [6, 6.07) is 5.01. The predicted octanol–water partition coefficient (Wildman–Crippen LogP) is 3.78. The highest BCUT2D eigenvalue weighted by atomic mass is 19.4. The predicted molar refractivity (Wildman–Crippen MR) is 69.8 cm³/mol. The fraction of sp³-hybridized carbons (Fsp3) is 0.571. The summed E-state index contributed by atoms with van der Waals surface area (Å²) in [7, 11) is 1.51. The molecule has 0 unspecified atom stereocenters. The number of ether oxygens (including phenoxy) is 2. The molecule has 0 bridgehead atoms. The van der Waals surface area contributed by atoms with Gasteiger partial charge in [-0.3, -0.25) is 0 Å². The smallest absolute Gasteiger partial charge is 0.391 e. The van der Waals surface area contributed by atoms with Gasteiger partial charge in [-0.2, -0.15) is 13.2 Å². The van der Waals surface area contributed by atoms with E-state index in [0.717, 1.165) is 0 Å². The Morgan fingerprint density at radius 3 is 2.30 bits per heavy atom. The summed E-state index contributed by atoms with van der Waals surface area (Å²) in [5.74, 6) is -0.176. The van der Waals surface area contributed by atoms with Gasteiger partial charge in [-0.25, -0.2) is 0 Å². The van der Waals surface area contributed by atoms with Gasteiger partial charge in [-0.15, -0.1) is 0 Å². The quantitative estimate of drug-likeness (QED) is 0.861. The molecule has 6 heteroatoms. The molecule has 0 saturated heterocycles. The molecule has 0 aliphatic heterocycles. The second kappa shape index (κ2) is 5.81. The number of anilines is 1. The molecule has 2 rings (SSSR count). The Bertz CT molecular complexity index is 454. The number of halogens is 3. The second-order valence-corrected chi connectivity index (χ2v) is 5.04. The van der Waals surface area contributed by atoms with Crippen molar-refractivity contribution in [2.24, 2.45) is 5.92 Å². The summed E-state index contributed by atoms with van der Waals surface area (Å²) >= 11 is 0. The first-order chi connectivity index (χ1) is 9.40. The average molecular weight is 289 g/mol. The molecule has 0 radical (unpaired) electrons. The zero-order valence-corrected chi connectivity index (χ0v) is 11.2. The molecule has 1 aliphatic rings. The van der Waals surface area contributed by atoms with E-state index in [1.54, 1.807) is 18.2 Å². The van der Waals surface area contributed by atoms with Gasteiger partial charge in [-0.1, -0.05) is 0 Å². The lowest BCUT2D eigenvalue weighted by Gasteiger charge is -2.30. The standard InChI is InChI=1S/C14H18F3NO2/c1-19-12-7-4-10(18)8-13(12)20-11-5-2-9(3-6-11)14(15,16)17/h4,7-9,11H,2-3,5-6,18H2,1H3/t9-,11-. The van der Waals surface area contributed by atoms with Crippen LogP contribution in [0.25, 0.3) is 0 Å². The van der Waals surface area contributed by atoms with Crippen LogP contribution in [-0.2, 0) is 0 Å². The van der Waals surface area contributed by atoms with Crippen LogP contribution >= 0.6 is 0 Å². The van der Waals surface area contributed by atoms with Crippen LogP contribution in [0.1, 0.15) is 25.7 Å². The number of benzene rings is 1. The van der Waals surface area contributed by atoms with Crippen molar-refractivity contribution >= 4 is 5.69 Å². The van der Waals surface area contributed by atoms with Crippen molar-refractivity contribution in [1.82, 2.24) is 0 Å². The second-order valence-electron chi connectivity index (χ2n) is 5.04. The van der Waals surface area contributed by atoms with Gasteiger partial charge >= 0.3 is 6.18 Å². The van der Waals surface area contributed by atoms with Crippen LogP contribution in [0.15, 0.2) is 18.2 Å². The number of nitrogen functional groups attached to an aromatic ring is 1. The lowest BCUT2D eigenvalue weighted by molar-refractivity contribution is -0.185. The first kappa shape index (κ1) is 14.8. The van der Waals surface area contributed by atoms with Gasteiger partial charge in [-0.05, 0) is 37.8 Å². The van der Waals surface area contributed by atoms with Crippen molar-refractivity contribution in [3.8, 4) is 11.5 Å². The zero-order chi connectivity index (χ0) is 14.8. The van der Waals surface area contributed by atoms with Crippen molar-refractivity contribution in [2.45, 2.75) is 38.0 Å². The normalized spacial score (nSPS) is 23.4. The molecular formula is C14H18F3NO2. The highest BCUT2D eigenvalue weighted by molar-refractivity contribution is 5.52. The SMILES string of the molecule is COc1ccc(N)cc1O[C@H]1CC[C@H](C(F)(F)F)CC1. The Hall–Kier alpha value is -1.59. The van der Waals surface area contributed by atoms with Crippen LogP contribution < -0.4 is 15.2 Å². The van der Waals surface area contributed by atoms with Crippen LogP contribution in [0.4, 0.5) is 18.9 Å². The van der Waals surface area contributed by atoms with Gasteiger partial charge in [0.15, 0.2) is 11.5 Å². The third-order valence-corrected chi connectivity index (χ3v) is 3.62. The minimum absolute atomic E-state index is 0.110. The number of methoxy groups -OCH3 is 1. The highest BCUT2D eigenvalue weighted by Gasteiger charge is 2.41. The van der Waals surface area contributed by atoms with E-state index in [2.05, 4.69) is 0 Å². The maximum absolute atomic E-state index is 12.6. The molecule has 112 valence electrons. The Balaban J connectivity index is 1.97. The van der Waals surface area contributed by atoms with Crippen molar-refractivity contribution < 1.29 is 22.6 Å². The van der Waals surface area contributed by atoms with Crippen LogP contribution in [-0.4, -0.2) is 19.4 Å². The summed E-state index contributed by atoms with van der Waals surface area (Å²) < 4.78 is 48.7. The first-order valence-corrected chi connectivity index (χ1v) is 6.57. The third-order valence-electron chi connectivity index (χ3n) is 3.62. The van der Waals surface area contributed by atoms with Gasteiger partial charge < -0.3 is 15.2 Å². The van der Waals surface area contributed by atoms with E-state index >= 15 is 0 Å². The number of hydrogen-bond donors (Lipinski definition) is 1. The molecule has 1 fully saturated rings. The summed E-state index contributed by atoms with van der Waals surface area (Å²) in [6.45, 7) is 0. The first-order valence-electron chi connectivity index (χ1n) is 6.57. The Kier molecular flexibility index (Phi) is 4.30. The monoisotopic (exact) mass is 289 g/mol. The van der Waals surface area contributed by atoms with Gasteiger partial charge in [0.1, 0.15) is 0 Å². The van der Waals surface area contributed by atoms with Crippen molar-refractivity contribution in [1.29, 1.82) is 0 Å². The van der Waals surface area contributed by atoms with Gasteiger partial charge in [0, 0.05) is 11.8 Å². The Morgan fingerprint density at radius 1 is 1.10 bits per heavy atom.